The van der Waals surface area contributed by atoms with Gasteiger partial charge in [-0.25, -0.2) is 4.39 Å². The van der Waals surface area contributed by atoms with Crippen LogP contribution in [0.25, 0.3) is 0 Å². The highest BCUT2D eigenvalue weighted by Gasteiger charge is 2.03. The van der Waals surface area contributed by atoms with Crippen LogP contribution in [0.4, 0.5) is 10.1 Å². The molecule has 2 nitrogen and oxygen atoms in total. The number of rotatable bonds is 3. The molecule has 13 heavy (non-hydrogen) atoms. The van der Waals surface area contributed by atoms with Crippen LogP contribution in [0.15, 0.2) is 18.2 Å². The van der Waals surface area contributed by atoms with Gasteiger partial charge in [-0.3, -0.25) is 0 Å². The molecule has 0 spiro atoms. The highest BCUT2D eigenvalue weighted by molar-refractivity contribution is 6.30. The number of hydrogen-bond acceptors (Lipinski definition) is 2. The number of halogens is 2. The molecule has 1 rings (SSSR count). The van der Waals surface area contributed by atoms with Crippen molar-refractivity contribution in [2.24, 2.45) is 0 Å². The summed E-state index contributed by atoms with van der Waals surface area (Å²) in [5, 5.41) is 11.7. The molecule has 0 aliphatic rings. The molecule has 4 heteroatoms. The maximum Gasteiger partial charge on any atom is 0.143 e. The van der Waals surface area contributed by atoms with Gasteiger partial charge in [0, 0.05) is 11.7 Å². The number of anilines is 1. The summed E-state index contributed by atoms with van der Waals surface area (Å²) in [6.45, 7) is 1.80. The fourth-order valence-electron chi connectivity index (χ4n) is 0.916. The Morgan fingerprint density at radius 1 is 1.62 bits per heavy atom. The summed E-state index contributed by atoms with van der Waals surface area (Å²) in [4.78, 5) is 0. The van der Waals surface area contributed by atoms with Gasteiger partial charge >= 0.3 is 0 Å². The zero-order valence-corrected chi connectivity index (χ0v) is 7.98. The van der Waals surface area contributed by atoms with E-state index in [1.54, 1.807) is 13.0 Å². The normalized spacial score (nSPS) is 12.6. The van der Waals surface area contributed by atoms with Crippen molar-refractivity contribution in [1.29, 1.82) is 0 Å². The molecule has 0 heterocycles. The van der Waals surface area contributed by atoms with Crippen molar-refractivity contribution in [3.8, 4) is 0 Å². The maximum absolute atomic E-state index is 12.9. The lowest BCUT2D eigenvalue weighted by atomic mass is 10.2. The average molecular weight is 204 g/mol. The van der Waals surface area contributed by atoms with Crippen LogP contribution in [-0.2, 0) is 0 Å². The van der Waals surface area contributed by atoms with Gasteiger partial charge in [-0.2, -0.15) is 0 Å². The Morgan fingerprint density at radius 2 is 2.31 bits per heavy atom. The van der Waals surface area contributed by atoms with E-state index in [0.717, 1.165) is 0 Å². The molecule has 2 N–H and O–H groups in total. The number of hydrogen-bond donors (Lipinski definition) is 2. The summed E-state index contributed by atoms with van der Waals surface area (Å²) in [7, 11) is 0. The van der Waals surface area contributed by atoms with E-state index in [4.69, 9.17) is 16.7 Å². The average Bonchev–Trinajstić information content (AvgIpc) is 2.11. The quantitative estimate of drug-likeness (QED) is 0.790. The third-order valence-electron chi connectivity index (χ3n) is 1.61. The van der Waals surface area contributed by atoms with Crippen LogP contribution in [0.2, 0.25) is 5.02 Å². The standard InChI is InChI=1S/C9H11ClFNO/c1-6(5-13)12-7-2-3-8(10)9(11)4-7/h2-4,6,12-13H,5H2,1H3/t6-/m0/s1. The fraction of sp³-hybridized carbons (Fsp3) is 0.333. The first-order chi connectivity index (χ1) is 6.13. The van der Waals surface area contributed by atoms with Crippen LogP contribution in [0.3, 0.4) is 0 Å². The SMILES string of the molecule is C[C@@H](CO)Nc1ccc(Cl)c(F)c1. The van der Waals surface area contributed by atoms with Gasteiger partial charge in [-0.05, 0) is 25.1 Å². The van der Waals surface area contributed by atoms with Crippen LogP contribution in [0.1, 0.15) is 6.92 Å². The molecule has 0 unspecified atom stereocenters. The van der Waals surface area contributed by atoms with Gasteiger partial charge < -0.3 is 10.4 Å². The number of aliphatic hydroxyl groups is 1. The molecule has 0 radical (unpaired) electrons. The largest absolute Gasteiger partial charge is 0.394 e. The van der Waals surface area contributed by atoms with Crippen molar-refractivity contribution in [3.05, 3.63) is 29.0 Å². The zero-order chi connectivity index (χ0) is 9.84. The smallest absolute Gasteiger partial charge is 0.143 e. The van der Waals surface area contributed by atoms with E-state index in [0.29, 0.717) is 5.69 Å². The minimum atomic E-state index is -0.461. The lowest BCUT2D eigenvalue weighted by Gasteiger charge is -2.12. The molecular formula is C9H11ClFNO. The third kappa shape index (κ3) is 2.86. The Morgan fingerprint density at radius 3 is 2.85 bits per heavy atom. The van der Waals surface area contributed by atoms with Crippen molar-refractivity contribution >= 4 is 17.3 Å². The molecule has 0 saturated heterocycles. The van der Waals surface area contributed by atoms with Gasteiger partial charge in [0.1, 0.15) is 5.82 Å². The number of benzene rings is 1. The van der Waals surface area contributed by atoms with Gasteiger partial charge in [0.25, 0.3) is 0 Å². The maximum atomic E-state index is 12.9. The van der Waals surface area contributed by atoms with E-state index in [-0.39, 0.29) is 17.7 Å². The number of nitrogens with one attached hydrogen (secondary N) is 1. The minimum absolute atomic E-state index is 0.00421. The molecule has 0 saturated carbocycles. The first kappa shape index (κ1) is 10.3. The summed E-state index contributed by atoms with van der Waals surface area (Å²) in [6, 6.07) is 4.34. The van der Waals surface area contributed by atoms with Crippen LogP contribution in [-0.4, -0.2) is 17.8 Å². The first-order valence-corrected chi connectivity index (χ1v) is 4.33. The topological polar surface area (TPSA) is 32.3 Å². The van der Waals surface area contributed by atoms with Crippen molar-refractivity contribution in [3.63, 3.8) is 0 Å². The van der Waals surface area contributed by atoms with Crippen molar-refractivity contribution in [1.82, 2.24) is 0 Å². The Hall–Kier alpha value is -0.800. The van der Waals surface area contributed by atoms with Gasteiger partial charge in [0.05, 0.1) is 11.6 Å². The fourth-order valence-corrected chi connectivity index (χ4v) is 1.03. The van der Waals surface area contributed by atoms with Crippen LogP contribution in [0.5, 0.6) is 0 Å². The summed E-state index contributed by atoms with van der Waals surface area (Å²) >= 11 is 5.50. The van der Waals surface area contributed by atoms with Gasteiger partial charge in [-0.15, -0.1) is 0 Å². The summed E-state index contributed by atoms with van der Waals surface area (Å²) in [6.07, 6.45) is 0. The van der Waals surface area contributed by atoms with Gasteiger partial charge in [-0.1, -0.05) is 11.6 Å². The van der Waals surface area contributed by atoms with E-state index >= 15 is 0 Å². The molecule has 0 aliphatic heterocycles. The Balaban J connectivity index is 2.73. The molecule has 0 amide bonds. The molecular weight excluding hydrogens is 193 g/mol. The minimum Gasteiger partial charge on any atom is -0.394 e. The number of aliphatic hydroxyl groups excluding tert-OH is 1. The van der Waals surface area contributed by atoms with E-state index in [9.17, 15) is 4.39 Å². The predicted octanol–water partition coefficient (Wildman–Crippen LogP) is 2.27. The second kappa shape index (κ2) is 4.44. The van der Waals surface area contributed by atoms with Crippen molar-refractivity contribution in [2.75, 3.05) is 11.9 Å². The Bertz CT molecular complexity index is 293. The Labute approximate surface area is 81.3 Å². The van der Waals surface area contributed by atoms with Crippen LogP contribution >= 0.6 is 11.6 Å². The van der Waals surface area contributed by atoms with Gasteiger partial charge in [0.15, 0.2) is 0 Å². The van der Waals surface area contributed by atoms with Crippen LogP contribution < -0.4 is 5.32 Å². The molecule has 0 bridgehead atoms. The summed E-state index contributed by atoms with van der Waals surface area (Å²) in [5.41, 5.74) is 0.614. The highest BCUT2D eigenvalue weighted by Crippen LogP contribution is 2.18. The molecule has 1 aromatic rings. The van der Waals surface area contributed by atoms with E-state index < -0.39 is 5.82 Å². The lowest BCUT2D eigenvalue weighted by molar-refractivity contribution is 0.281. The third-order valence-corrected chi connectivity index (χ3v) is 1.91. The van der Waals surface area contributed by atoms with Crippen LogP contribution in [0, 0.1) is 5.82 Å². The zero-order valence-electron chi connectivity index (χ0n) is 7.22. The molecule has 0 aromatic heterocycles. The summed E-state index contributed by atoms with van der Waals surface area (Å²) in [5.74, 6) is -0.461. The monoisotopic (exact) mass is 203 g/mol. The van der Waals surface area contributed by atoms with E-state index in [2.05, 4.69) is 5.32 Å². The molecule has 72 valence electrons. The Kier molecular flexibility index (Phi) is 3.51. The summed E-state index contributed by atoms with van der Waals surface area (Å²) < 4.78 is 12.9. The van der Waals surface area contributed by atoms with Crippen molar-refractivity contribution in [2.45, 2.75) is 13.0 Å². The second-order valence-corrected chi connectivity index (χ2v) is 3.26. The van der Waals surface area contributed by atoms with Gasteiger partial charge in [0.2, 0.25) is 0 Å². The second-order valence-electron chi connectivity index (χ2n) is 2.86. The molecule has 1 aromatic carbocycles. The highest BCUT2D eigenvalue weighted by atomic mass is 35.5. The van der Waals surface area contributed by atoms with E-state index in [1.165, 1.54) is 12.1 Å². The lowest BCUT2D eigenvalue weighted by Crippen LogP contribution is -2.19. The first-order valence-electron chi connectivity index (χ1n) is 3.96. The molecule has 1 atom stereocenters. The predicted molar refractivity (Wildman–Crippen MR) is 51.6 cm³/mol. The van der Waals surface area contributed by atoms with Crippen molar-refractivity contribution < 1.29 is 9.50 Å². The molecule has 0 fully saturated rings. The molecule has 0 aliphatic carbocycles. The van der Waals surface area contributed by atoms with E-state index in [1.807, 2.05) is 0 Å².